The van der Waals surface area contributed by atoms with Gasteiger partial charge in [-0.25, -0.2) is 13.8 Å². The van der Waals surface area contributed by atoms with E-state index in [1.807, 2.05) is 0 Å². The molecule has 1 aromatic heterocycles. The Bertz CT molecular complexity index is 303. The number of hydrogen-bond donors (Lipinski definition) is 0. The lowest BCUT2D eigenvalue weighted by atomic mass is 10.3. The number of hydrogen-bond acceptors (Lipinski definition) is 1. The van der Waals surface area contributed by atoms with Crippen molar-refractivity contribution in [3.8, 4) is 0 Å². The lowest BCUT2D eigenvalue weighted by Gasteiger charge is -2.03. The molecule has 0 aliphatic carbocycles. The van der Waals surface area contributed by atoms with Gasteiger partial charge in [0.15, 0.2) is 0 Å². The van der Waals surface area contributed by atoms with Crippen LogP contribution in [0.1, 0.15) is 12.0 Å². The highest BCUT2D eigenvalue weighted by Gasteiger charge is 2.16. The summed E-state index contributed by atoms with van der Waals surface area (Å²) in [6.07, 6.45) is -2.70. The van der Waals surface area contributed by atoms with Crippen molar-refractivity contribution in [2.75, 3.05) is 0 Å². The Labute approximate surface area is 82.3 Å². The molecule has 0 amide bonds. The van der Waals surface area contributed by atoms with Gasteiger partial charge in [0.2, 0.25) is 0 Å². The summed E-state index contributed by atoms with van der Waals surface area (Å²) < 4.78 is 24.3. The Morgan fingerprint density at radius 3 is 2.33 bits per heavy atom. The summed E-state index contributed by atoms with van der Waals surface area (Å²) in [5.41, 5.74) is -0.401. The Morgan fingerprint density at radius 1 is 1.25 bits per heavy atom. The molecule has 0 aliphatic rings. The number of pyridine rings is 1. The average molecular weight is 232 g/mol. The molecule has 0 unspecified atom stereocenters. The van der Waals surface area contributed by atoms with E-state index in [4.69, 9.17) is 34.8 Å². The summed E-state index contributed by atoms with van der Waals surface area (Å²) in [6.45, 7) is 0. The Hall–Kier alpha value is -0.120. The summed E-state index contributed by atoms with van der Waals surface area (Å²) >= 11 is 16.2. The zero-order chi connectivity index (χ0) is 9.30. The first kappa shape index (κ1) is 9.96. The molecule has 0 fully saturated rings. The Kier molecular flexibility index (Phi) is 3.09. The van der Waals surface area contributed by atoms with Crippen molar-refractivity contribution in [3.05, 3.63) is 27.0 Å². The predicted octanol–water partition coefficient (Wildman–Crippen LogP) is 3.98. The minimum absolute atomic E-state index is 0.0975. The van der Waals surface area contributed by atoms with Crippen LogP contribution in [-0.2, 0) is 0 Å². The standard InChI is InChI=1S/C6H2Cl3F2N/c7-3-1-2(6(10)11)4(8)5(9)12-3/h1,6H. The molecule has 1 heterocycles. The molecule has 12 heavy (non-hydrogen) atoms. The first-order valence-electron chi connectivity index (χ1n) is 2.82. The van der Waals surface area contributed by atoms with E-state index in [-0.39, 0.29) is 15.3 Å². The normalized spacial score (nSPS) is 10.8. The smallest absolute Gasteiger partial charge is 0.223 e. The van der Waals surface area contributed by atoms with E-state index < -0.39 is 12.0 Å². The lowest BCUT2D eigenvalue weighted by Crippen LogP contribution is -1.89. The van der Waals surface area contributed by atoms with Crippen LogP contribution in [0.3, 0.4) is 0 Å². The molecule has 0 atom stereocenters. The zero-order valence-corrected chi connectivity index (χ0v) is 7.76. The van der Waals surface area contributed by atoms with E-state index >= 15 is 0 Å². The van der Waals surface area contributed by atoms with E-state index in [1.54, 1.807) is 0 Å². The maximum atomic E-state index is 12.2. The number of alkyl halides is 2. The quantitative estimate of drug-likeness (QED) is 0.667. The molecule has 0 aromatic carbocycles. The van der Waals surface area contributed by atoms with E-state index in [0.29, 0.717) is 0 Å². The molecule has 0 aliphatic heterocycles. The number of rotatable bonds is 1. The average Bonchev–Trinajstić information content (AvgIpc) is 1.96. The molecule has 1 rings (SSSR count). The SMILES string of the molecule is FC(F)c1cc(Cl)nc(Cl)c1Cl. The molecular weight excluding hydrogens is 230 g/mol. The molecule has 0 spiro atoms. The molecule has 0 N–H and O–H groups in total. The van der Waals surface area contributed by atoms with Crippen LogP contribution in [0.25, 0.3) is 0 Å². The van der Waals surface area contributed by atoms with E-state index in [9.17, 15) is 8.78 Å². The molecule has 66 valence electrons. The third kappa shape index (κ3) is 1.97. The number of halogens is 5. The molecule has 1 aromatic rings. The fourth-order valence-corrected chi connectivity index (χ4v) is 1.27. The van der Waals surface area contributed by atoms with Crippen molar-refractivity contribution < 1.29 is 8.78 Å². The summed E-state index contributed by atoms with van der Waals surface area (Å²) in [7, 11) is 0. The fourth-order valence-electron chi connectivity index (χ4n) is 0.645. The number of nitrogens with zero attached hydrogens (tertiary/aromatic N) is 1. The van der Waals surface area contributed by atoms with Crippen molar-refractivity contribution in [1.29, 1.82) is 0 Å². The zero-order valence-electron chi connectivity index (χ0n) is 5.49. The van der Waals surface area contributed by atoms with Crippen LogP contribution in [0.15, 0.2) is 6.07 Å². The highest BCUT2D eigenvalue weighted by atomic mass is 35.5. The van der Waals surface area contributed by atoms with Crippen LogP contribution in [0.2, 0.25) is 15.3 Å². The summed E-state index contributed by atoms with van der Waals surface area (Å²) in [4.78, 5) is 3.48. The van der Waals surface area contributed by atoms with Crippen molar-refractivity contribution in [1.82, 2.24) is 4.98 Å². The van der Waals surface area contributed by atoms with Crippen molar-refractivity contribution in [3.63, 3.8) is 0 Å². The van der Waals surface area contributed by atoms with Crippen molar-refractivity contribution in [2.24, 2.45) is 0 Å². The van der Waals surface area contributed by atoms with Gasteiger partial charge in [0.25, 0.3) is 6.43 Å². The van der Waals surface area contributed by atoms with Gasteiger partial charge < -0.3 is 0 Å². The molecule has 1 nitrogen and oxygen atoms in total. The van der Waals surface area contributed by atoms with Crippen LogP contribution >= 0.6 is 34.8 Å². The molecule has 0 radical (unpaired) electrons. The first-order valence-corrected chi connectivity index (χ1v) is 3.95. The van der Waals surface area contributed by atoms with Crippen LogP contribution in [-0.4, -0.2) is 4.98 Å². The van der Waals surface area contributed by atoms with E-state index in [1.165, 1.54) is 0 Å². The van der Waals surface area contributed by atoms with E-state index in [2.05, 4.69) is 4.98 Å². The molecular formula is C6H2Cl3F2N. The molecule has 0 saturated carbocycles. The van der Waals surface area contributed by atoms with Gasteiger partial charge in [0.1, 0.15) is 10.3 Å². The highest BCUT2D eigenvalue weighted by Crippen LogP contribution is 2.33. The van der Waals surface area contributed by atoms with Gasteiger partial charge in [-0.2, -0.15) is 0 Å². The first-order chi connectivity index (χ1) is 5.52. The maximum absolute atomic E-state index is 12.2. The van der Waals surface area contributed by atoms with Crippen molar-refractivity contribution >= 4 is 34.8 Å². The predicted molar refractivity (Wildman–Crippen MR) is 44.2 cm³/mol. The minimum atomic E-state index is -2.70. The van der Waals surface area contributed by atoms with Crippen LogP contribution in [0, 0.1) is 0 Å². The highest BCUT2D eigenvalue weighted by molar-refractivity contribution is 6.42. The van der Waals surface area contributed by atoms with Gasteiger partial charge in [-0.1, -0.05) is 34.8 Å². The van der Waals surface area contributed by atoms with Crippen LogP contribution in [0.5, 0.6) is 0 Å². The fraction of sp³-hybridized carbons (Fsp3) is 0.167. The second kappa shape index (κ2) is 3.73. The third-order valence-electron chi connectivity index (χ3n) is 1.15. The third-order valence-corrected chi connectivity index (χ3v) is 2.11. The van der Waals surface area contributed by atoms with Crippen LogP contribution in [0.4, 0.5) is 8.78 Å². The second-order valence-electron chi connectivity index (χ2n) is 1.94. The molecule has 6 heteroatoms. The monoisotopic (exact) mass is 231 g/mol. The van der Waals surface area contributed by atoms with Gasteiger partial charge in [-0.15, -0.1) is 0 Å². The Morgan fingerprint density at radius 2 is 1.83 bits per heavy atom. The van der Waals surface area contributed by atoms with Crippen molar-refractivity contribution in [2.45, 2.75) is 6.43 Å². The number of aromatic nitrogens is 1. The second-order valence-corrected chi connectivity index (χ2v) is 3.06. The molecule has 0 bridgehead atoms. The van der Waals surface area contributed by atoms with Gasteiger partial charge >= 0.3 is 0 Å². The summed E-state index contributed by atoms with van der Waals surface area (Å²) in [5.74, 6) is 0. The van der Waals surface area contributed by atoms with E-state index in [0.717, 1.165) is 6.07 Å². The maximum Gasteiger partial charge on any atom is 0.265 e. The van der Waals surface area contributed by atoms with Gasteiger partial charge in [-0.3, -0.25) is 0 Å². The summed E-state index contributed by atoms with van der Waals surface area (Å²) in [5, 5.41) is -0.560. The van der Waals surface area contributed by atoms with Gasteiger partial charge in [0.05, 0.1) is 5.02 Å². The summed E-state index contributed by atoms with van der Waals surface area (Å²) in [6, 6.07) is 0.987. The Balaban J connectivity index is 3.28. The minimum Gasteiger partial charge on any atom is -0.223 e. The largest absolute Gasteiger partial charge is 0.265 e. The van der Waals surface area contributed by atoms with Gasteiger partial charge in [0, 0.05) is 5.56 Å². The topological polar surface area (TPSA) is 12.9 Å². The lowest BCUT2D eigenvalue weighted by molar-refractivity contribution is 0.151. The van der Waals surface area contributed by atoms with Crippen LogP contribution < -0.4 is 0 Å². The van der Waals surface area contributed by atoms with Gasteiger partial charge in [-0.05, 0) is 6.07 Å². The molecule has 0 saturated heterocycles.